The lowest BCUT2D eigenvalue weighted by atomic mass is 10.2. The molecule has 0 radical (unpaired) electrons. The van der Waals surface area contributed by atoms with Crippen LogP contribution in [0.5, 0.6) is 0 Å². The Morgan fingerprint density at radius 1 is 1.06 bits per heavy atom. The van der Waals surface area contributed by atoms with Crippen molar-refractivity contribution in [3.63, 3.8) is 0 Å². The summed E-state index contributed by atoms with van der Waals surface area (Å²) in [5.74, 6) is -1.71. The highest BCUT2D eigenvalue weighted by Crippen LogP contribution is 2.32. The van der Waals surface area contributed by atoms with Crippen molar-refractivity contribution in [1.82, 2.24) is 0 Å². The number of nitrogens with two attached hydrogens (primary N) is 1. The molecular weight excluding hydrogens is 276 g/mol. The van der Waals surface area contributed by atoms with Crippen molar-refractivity contribution in [3.05, 3.63) is 58.6 Å². The van der Waals surface area contributed by atoms with E-state index in [1.54, 1.807) is 12.1 Å². The van der Waals surface area contributed by atoms with E-state index in [-0.39, 0.29) is 0 Å². The number of benzene rings is 2. The number of halogens is 3. The monoisotopic (exact) mass is 285 g/mol. The number of hydrogen-bond donors (Lipinski definition) is 1. The molecule has 2 aromatic carbocycles. The minimum atomic E-state index is -0.858. The van der Waals surface area contributed by atoms with E-state index < -0.39 is 11.6 Å². The molecule has 1 nitrogen and oxygen atoms in total. The fourth-order valence-corrected chi connectivity index (χ4v) is 2.63. The van der Waals surface area contributed by atoms with Gasteiger partial charge < -0.3 is 5.73 Å². The summed E-state index contributed by atoms with van der Waals surface area (Å²) in [5.41, 5.74) is 6.49. The minimum absolute atomic E-state index is 0.340. The topological polar surface area (TPSA) is 26.0 Å². The first-order chi connectivity index (χ1) is 8.60. The van der Waals surface area contributed by atoms with Gasteiger partial charge in [-0.3, -0.25) is 0 Å². The second-order valence-electron chi connectivity index (χ2n) is 3.63. The van der Waals surface area contributed by atoms with Crippen molar-refractivity contribution >= 4 is 23.4 Å². The second-order valence-corrected chi connectivity index (χ2v) is 5.19. The van der Waals surface area contributed by atoms with Gasteiger partial charge in [-0.05, 0) is 42.0 Å². The van der Waals surface area contributed by atoms with Gasteiger partial charge in [-0.15, -0.1) is 0 Å². The van der Waals surface area contributed by atoms with Gasteiger partial charge in [-0.25, -0.2) is 8.78 Å². The van der Waals surface area contributed by atoms with Crippen LogP contribution in [0, 0.1) is 11.6 Å². The van der Waals surface area contributed by atoms with Gasteiger partial charge >= 0.3 is 0 Å². The van der Waals surface area contributed by atoms with Crippen molar-refractivity contribution in [2.24, 2.45) is 5.73 Å². The fourth-order valence-electron chi connectivity index (χ4n) is 1.47. The van der Waals surface area contributed by atoms with Crippen molar-refractivity contribution in [2.75, 3.05) is 0 Å². The summed E-state index contributed by atoms with van der Waals surface area (Å²) in [6.45, 7) is 0.340. The maximum atomic E-state index is 13.1. The van der Waals surface area contributed by atoms with E-state index in [0.717, 1.165) is 22.6 Å². The van der Waals surface area contributed by atoms with E-state index in [4.69, 9.17) is 17.3 Å². The van der Waals surface area contributed by atoms with Gasteiger partial charge in [0.2, 0.25) is 0 Å². The van der Waals surface area contributed by atoms with Crippen LogP contribution < -0.4 is 5.73 Å². The maximum Gasteiger partial charge on any atom is 0.159 e. The van der Waals surface area contributed by atoms with Crippen molar-refractivity contribution in [3.8, 4) is 0 Å². The van der Waals surface area contributed by atoms with Crippen LogP contribution in [-0.2, 0) is 6.54 Å². The zero-order valence-corrected chi connectivity index (χ0v) is 10.9. The van der Waals surface area contributed by atoms with Crippen LogP contribution in [0.1, 0.15) is 5.56 Å². The standard InChI is InChI=1S/C13H10ClF2NS/c14-9-1-4-13(8(5-9)7-17)18-10-2-3-11(15)12(16)6-10/h1-6H,7,17H2. The maximum absolute atomic E-state index is 13.1. The molecule has 94 valence electrons. The molecule has 18 heavy (non-hydrogen) atoms. The van der Waals surface area contributed by atoms with E-state index in [2.05, 4.69) is 0 Å². The largest absolute Gasteiger partial charge is 0.326 e. The van der Waals surface area contributed by atoms with Crippen LogP contribution in [-0.4, -0.2) is 0 Å². The van der Waals surface area contributed by atoms with Crippen LogP contribution in [0.3, 0.4) is 0 Å². The van der Waals surface area contributed by atoms with Gasteiger partial charge in [-0.2, -0.15) is 0 Å². The lowest BCUT2D eigenvalue weighted by molar-refractivity contribution is 0.506. The average Bonchev–Trinajstić information content (AvgIpc) is 2.36. The molecule has 0 aliphatic carbocycles. The molecule has 0 atom stereocenters. The first-order valence-electron chi connectivity index (χ1n) is 5.21. The zero-order valence-electron chi connectivity index (χ0n) is 9.29. The zero-order chi connectivity index (χ0) is 13.1. The molecule has 2 rings (SSSR count). The van der Waals surface area contributed by atoms with Crippen LogP contribution in [0.15, 0.2) is 46.2 Å². The summed E-state index contributed by atoms with van der Waals surface area (Å²) in [5, 5.41) is 0.602. The van der Waals surface area contributed by atoms with Gasteiger partial charge in [-0.1, -0.05) is 23.4 Å². The molecule has 2 N–H and O–H groups in total. The molecule has 0 fully saturated rings. The Balaban J connectivity index is 2.30. The van der Waals surface area contributed by atoms with Gasteiger partial charge in [0.15, 0.2) is 11.6 Å². The summed E-state index contributed by atoms with van der Waals surface area (Å²) in [6, 6.07) is 9.12. The van der Waals surface area contributed by atoms with Gasteiger partial charge in [0.1, 0.15) is 0 Å². The lowest BCUT2D eigenvalue weighted by Gasteiger charge is -2.08. The smallest absolute Gasteiger partial charge is 0.159 e. The Morgan fingerprint density at radius 3 is 2.50 bits per heavy atom. The van der Waals surface area contributed by atoms with Gasteiger partial charge in [0, 0.05) is 21.4 Å². The van der Waals surface area contributed by atoms with E-state index >= 15 is 0 Å². The first-order valence-corrected chi connectivity index (χ1v) is 6.41. The Morgan fingerprint density at radius 2 is 1.83 bits per heavy atom. The Labute approximate surface area is 113 Å². The molecule has 0 aliphatic heterocycles. The van der Waals surface area contributed by atoms with Crippen molar-refractivity contribution in [2.45, 2.75) is 16.3 Å². The highest BCUT2D eigenvalue weighted by atomic mass is 35.5. The third-order valence-corrected chi connectivity index (χ3v) is 3.70. The summed E-state index contributed by atoms with van der Waals surface area (Å²) in [7, 11) is 0. The van der Waals surface area contributed by atoms with Crippen LogP contribution in [0.25, 0.3) is 0 Å². The minimum Gasteiger partial charge on any atom is -0.326 e. The predicted octanol–water partition coefficient (Wildman–Crippen LogP) is 4.23. The Bertz CT molecular complexity index is 575. The molecule has 0 saturated carbocycles. The quantitative estimate of drug-likeness (QED) is 0.913. The fraction of sp³-hybridized carbons (Fsp3) is 0.0769. The van der Waals surface area contributed by atoms with Crippen LogP contribution in [0.2, 0.25) is 5.02 Å². The van der Waals surface area contributed by atoms with E-state index in [0.29, 0.717) is 16.5 Å². The average molecular weight is 286 g/mol. The van der Waals surface area contributed by atoms with E-state index in [9.17, 15) is 8.78 Å². The number of rotatable bonds is 3. The molecule has 0 bridgehead atoms. The van der Waals surface area contributed by atoms with E-state index in [1.807, 2.05) is 6.07 Å². The molecule has 2 aromatic rings. The summed E-state index contributed by atoms with van der Waals surface area (Å²) < 4.78 is 25.9. The van der Waals surface area contributed by atoms with Crippen molar-refractivity contribution in [1.29, 1.82) is 0 Å². The van der Waals surface area contributed by atoms with Crippen LogP contribution in [0.4, 0.5) is 8.78 Å². The first kappa shape index (κ1) is 13.3. The summed E-state index contributed by atoms with van der Waals surface area (Å²) >= 11 is 7.20. The molecule has 0 aromatic heterocycles. The highest BCUT2D eigenvalue weighted by Gasteiger charge is 2.07. The lowest BCUT2D eigenvalue weighted by Crippen LogP contribution is -1.98. The molecule has 0 saturated heterocycles. The molecule has 0 aliphatic rings. The van der Waals surface area contributed by atoms with Crippen molar-refractivity contribution < 1.29 is 8.78 Å². The normalized spacial score (nSPS) is 10.7. The Hall–Kier alpha value is -1.10. The predicted molar refractivity (Wildman–Crippen MR) is 69.8 cm³/mol. The molecule has 0 amide bonds. The SMILES string of the molecule is NCc1cc(Cl)ccc1Sc1ccc(F)c(F)c1. The van der Waals surface area contributed by atoms with Crippen LogP contribution >= 0.6 is 23.4 Å². The molecular formula is C13H10ClF2NS. The highest BCUT2D eigenvalue weighted by molar-refractivity contribution is 7.99. The van der Waals surface area contributed by atoms with E-state index in [1.165, 1.54) is 17.8 Å². The second kappa shape index (κ2) is 5.69. The third-order valence-electron chi connectivity index (χ3n) is 2.36. The molecule has 0 spiro atoms. The Kier molecular flexibility index (Phi) is 4.22. The molecule has 0 heterocycles. The number of hydrogen-bond acceptors (Lipinski definition) is 2. The van der Waals surface area contributed by atoms with Gasteiger partial charge in [0.25, 0.3) is 0 Å². The summed E-state index contributed by atoms with van der Waals surface area (Å²) in [4.78, 5) is 1.50. The van der Waals surface area contributed by atoms with Gasteiger partial charge in [0.05, 0.1) is 0 Å². The third kappa shape index (κ3) is 3.02. The molecule has 5 heteroatoms. The molecule has 0 unspecified atom stereocenters. The summed E-state index contributed by atoms with van der Waals surface area (Å²) in [6.07, 6.45) is 0.